The molecule has 4 heteroatoms. The Morgan fingerprint density at radius 2 is 1.88 bits per heavy atom. The van der Waals surface area contributed by atoms with Gasteiger partial charge in [-0.3, -0.25) is 19.3 Å². The maximum atomic E-state index is 11.7. The molecule has 2 amide bonds. The normalized spacial score (nSPS) is 15.7. The maximum absolute atomic E-state index is 11.7. The molecule has 0 saturated heterocycles. The van der Waals surface area contributed by atoms with E-state index in [4.69, 9.17) is 0 Å². The third kappa shape index (κ3) is 1.62. The average molecular weight is 217 g/mol. The van der Waals surface area contributed by atoms with E-state index in [1.54, 1.807) is 24.3 Å². The Kier molecular flexibility index (Phi) is 2.56. The Labute approximate surface area is 92.9 Å². The van der Waals surface area contributed by atoms with Crippen molar-refractivity contribution in [2.75, 3.05) is 4.90 Å². The number of hydrogen-bond acceptors (Lipinski definition) is 3. The lowest BCUT2D eigenvalue weighted by molar-refractivity contribution is -0.125. The van der Waals surface area contributed by atoms with Gasteiger partial charge in [0.1, 0.15) is 0 Å². The van der Waals surface area contributed by atoms with Gasteiger partial charge >= 0.3 is 0 Å². The smallest absolute Gasteiger partial charge is 0.234 e. The fourth-order valence-electron chi connectivity index (χ4n) is 1.85. The lowest BCUT2D eigenvalue weighted by atomic mass is 10.1. The first-order chi connectivity index (χ1) is 7.61. The number of rotatable bonds is 0. The maximum Gasteiger partial charge on any atom is 0.234 e. The van der Waals surface area contributed by atoms with Gasteiger partial charge in [-0.05, 0) is 12.1 Å². The summed E-state index contributed by atoms with van der Waals surface area (Å²) in [4.78, 5) is 36.0. The molecule has 0 radical (unpaired) electrons. The molecule has 0 aliphatic carbocycles. The molecule has 1 aromatic carbocycles. The van der Waals surface area contributed by atoms with Crippen molar-refractivity contribution in [1.82, 2.24) is 0 Å². The van der Waals surface area contributed by atoms with Crippen LogP contribution in [0.25, 0.3) is 0 Å². The van der Waals surface area contributed by atoms with Crippen LogP contribution in [0.4, 0.5) is 5.69 Å². The van der Waals surface area contributed by atoms with Crippen LogP contribution < -0.4 is 4.90 Å². The van der Waals surface area contributed by atoms with E-state index in [-0.39, 0.29) is 30.4 Å². The highest BCUT2D eigenvalue weighted by Crippen LogP contribution is 2.26. The molecule has 16 heavy (non-hydrogen) atoms. The molecule has 0 saturated carbocycles. The summed E-state index contributed by atoms with van der Waals surface area (Å²) in [6, 6.07) is 6.70. The molecule has 0 aromatic heterocycles. The molecule has 0 atom stereocenters. The fraction of sp³-hybridized carbons (Fsp3) is 0.250. The zero-order valence-corrected chi connectivity index (χ0v) is 8.90. The van der Waals surface area contributed by atoms with Crippen LogP contribution in [0, 0.1) is 0 Å². The minimum absolute atomic E-state index is 0.0901. The second kappa shape index (κ2) is 3.89. The van der Waals surface area contributed by atoms with Crippen LogP contribution in [0.2, 0.25) is 0 Å². The molecular formula is C12H11NO3. The van der Waals surface area contributed by atoms with Crippen LogP contribution >= 0.6 is 0 Å². The van der Waals surface area contributed by atoms with Crippen LogP contribution in [0.15, 0.2) is 24.3 Å². The van der Waals surface area contributed by atoms with E-state index < -0.39 is 0 Å². The van der Waals surface area contributed by atoms with E-state index in [2.05, 4.69) is 0 Å². The van der Waals surface area contributed by atoms with E-state index in [0.29, 0.717) is 11.3 Å². The second-order valence-corrected chi connectivity index (χ2v) is 3.69. The van der Waals surface area contributed by atoms with Gasteiger partial charge in [-0.2, -0.15) is 0 Å². The number of ketones is 1. The lowest BCUT2D eigenvalue weighted by Gasteiger charge is -2.18. The topological polar surface area (TPSA) is 54.5 Å². The van der Waals surface area contributed by atoms with Gasteiger partial charge < -0.3 is 0 Å². The highest BCUT2D eigenvalue weighted by atomic mass is 16.2. The number of benzene rings is 1. The highest BCUT2D eigenvalue weighted by Gasteiger charge is 2.28. The van der Waals surface area contributed by atoms with Crippen LogP contribution in [0.5, 0.6) is 0 Å². The first-order valence-electron chi connectivity index (χ1n) is 5.07. The summed E-state index contributed by atoms with van der Waals surface area (Å²) in [5.74, 6) is -0.759. The third-order valence-electron chi connectivity index (χ3n) is 2.58. The number of fused-ring (bicyclic) bond motifs is 1. The van der Waals surface area contributed by atoms with Gasteiger partial charge in [0.2, 0.25) is 11.8 Å². The lowest BCUT2D eigenvalue weighted by Crippen LogP contribution is -2.34. The SMILES string of the molecule is CC(=O)N1C(=O)CCC(=O)c2ccccc21. The molecule has 0 fully saturated rings. The van der Waals surface area contributed by atoms with E-state index in [0.717, 1.165) is 4.90 Å². The van der Waals surface area contributed by atoms with Gasteiger partial charge in [0.05, 0.1) is 5.69 Å². The van der Waals surface area contributed by atoms with Crippen molar-refractivity contribution in [3.8, 4) is 0 Å². The molecule has 0 spiro atoms. The molecule has 0 bridgehead atoms. The van der Waals surface area contributed by atoms with E-state index in [9.17, 15) is 14.4 Å². The van der Waals surface area contributed by atoms with Crippen molar-refractivity contribution < 1.29 is 14.4 Å². The minimum atomic E-state index is -0.354. The zero-order chi connectivity index (χ0) is 11.7. The van der Waals surface area contributed by atoms with Gasteiger partial charge in [-0.1, -0.05) is 12.1 Å². The number of anilines is 1. The van der Waals surface area contributed by atoms with E-state index >= 15 is 0 Å². The Morgan fingerprint density at radius 3 is 2.56 bits per heavy atom. The predicted molar refractivity (Wildman–Crippen MR) is 58.2 cm³/mol. The van der Waals surface area contributed by atoms with Crippen LogP contribution in [-0.2, 0) is 9.59 Å². The van der Waals surface area contributed by atoms with Gasteiger partial charge in [-0.15, -0.1) is 0 Å². The van der Waals surface area contributed by atoms with Crippen molar-refractivity contribution in [1.29, 1.82) is 0 Å². The molecule has 1 aliphatic heterocycles. The van der Waals surface area contributed by atoms with Crippen molar-refractivity contribution in [2.24, 2.45) is 0 Å². The van der Waals surface area contributed by atoms with Crippen molar-refractivity contribution in [3.05, 3.63) is 29.8 Å². The average Bonchev–Trinajstić information content (AvgIpc) is 2.37. The minimum Gasteiger partial charge on any atom is -0.294 e. The van der Waals surface area contributed by atoms with Crippen molar-refractivity contribution in [3.63, 3.8) is 0 Å². The van der Waals surface area contributed by atoms with Crippen LogP contribution in [-0.4, -0.2) is 17.6 Å². The number of imide groups is 1. The standard InChI is InChI=1S/C12H11NO3/c1-8(14)13-10-5-3-2-4-9(10)11(15)6-7-12(13)16/h2-5H,6-7H2,1H3. The number of nitrogens with zero attached hydrogens (tertiary/aromatic N) is 1. The summed E-state index contributed by atoms with van der Waals surface area (Å²) in [6.45, 7) is 1.32. The first-order valence-corrected chi connectivity index (χ1v) is 5.07. The summed E-state index contributed by atoms with van der Waals surface area (Å²) < 4.78 is 0. The van der Waals surface area contributed by atoms with Crippen LogP contribution in [0.3, 0.4) is 0 Å². The number of Topliss-reactive ketones (excluding diaryl/α,β-unsaturated/α-hetero) is 1. The highest BCUT2D eigenvalue weighted by molar-refractivity contribution is 6.20. The zero-order valence-electron chi connectivity index (χ0n) is 8.90. The van der Waals surface area contributed by atoms with Gasteiger partial charge in [0.15, 0.2) is 5.78 Å². The number of para-hydroxylation sites is 1. The Hall–Kier alpha value is -1.97. The monoisotopic (exact) mass is 217 g/mol. The van der Waals surface area contributed by atoms with Crippen molar-refractivity contribution >= 4 is 23.3 Å². The second-order valence-electron chi connectivity index (χ2n) is 3.69. The summed E-state index contributed by atoms with van der Waals surface area (Å²) in [7, 11) is 0. The number of carbonyl (C=O) groups is 3. The Balaban J connectivity index is 2.61. The van der Waals surface area contributed by atoms with Gasteiger partial charge in [-0.25, -0.2) is 0 Å². The van der Waals surface area contributed by atoms with Crippen molar-refractivity contribution in [2.45, 2.75) is 19.8 Å². The summed E-state index contributed by atoms with van der Waals surface area (Å²) in [5, 5.41) is 0. The predicted octanol–water partition coefficient (Wildman–Crippen LogP) is 1.54. The molecule has 82 valence electrons. The molecule has 2 rings (SSSR count). The molecule has 1 aromatic rings. The Morgan fingerprint density at radius 1 is 1.19 bits per heavy atom. The van der Waals surface area contributed by atoms with Gasteiger partial charge in [0, 0.05) is 25.3 Å². The number of hydrogen-bond donors (Lipinski definition) is 0. The number of carbonyl (C=O) groups excluding carboxylic acids is 3. The third-order valence-corrected chi connectivity index (χ3v) is 2.58. The number of amides is 2. The van der Waals surface area contributed by atoms with Gasteiger partial charge in [0.25, 0.3) is 0 Å². The largest absolute Gasteiger partial charge is 0.294 e. The van der Waals surface area contributed by atoms with Crippen LogP contribution in [0.1, 0.15) is 30.1 Å². The molecule has 0 unspecified atom stereocenters. The first kappa shape index (κ1) is 10.5. The molecule has 1 aliphatic rings. The summed E-state index contributed by atoms with van der Waals surface area (Å²) >= 11 is 0. The molecule has 4 nitrogen and oxygen atoms in total. The molecule has 1 heterocycles. The quantitative estimate of drug-likeness (QED) is 0.662. The van der Waals surface area contributed by atoms with E-state index in [1.807, 2.05) is 0 Å². The fourth-order valence-corrected chi connectivity index (χ4v) is 1.85. The molecule has 0 N–H and O–H groups in total. The molecular weight excluding hydrogens is 206 g/mol. The Bertz CT molecular complexity index is 479. The summed E-state index contributed by atoms with van der Waals surface area (Å²) in [5.41, 5.74) is 0.853. The van der Waals surface area contributed by atoms with E-state index in [1.165, 1.54) is 6.92 Å². The summed E-state index contributed by atoms with van der Waals surface area (Å²) in [6.07, 6.45) is 0.257.